The molecule has 14 heavy (non-hydrogen) atoms. The molecule has 1 aromatic carbocycles. The summed E-state index contributed by atoms with van der Waals surface area (Å²) in [5.74, 6) is 1.16. The first-order valence-electron chi connectivity index (χ1n) is 4.07. The highest BCUT2D eigenvalue weighted by molar-refractivity contribution is 5.33. The van der Waals surface area contributed by atoms with Crippen LogP contribution in [0.15, 0.2) is 42.9 Å². The number of phenolic OH excluding ortho intramolecular Hbond substituents is 1. The van der Waals surface area contributed by atoms with Gasteiger partial charge in [0.15, 0.2) is 0 Å². The van der Waals surface area contributed by atoms with Gasteiger partial charge in [-0.2, -0.15) is 0 Å². The minimum Gasteiger partial charge on any atom is -0.508 e. The van der Waals surface area contributed by atoms with Crippen molar-refractivity contribution in [3.63, 3.8) is 0 Å². The summed E-state index contributed by atoms with van der Waals surface area (Å²) in [5.41, 5.74) is 0. The van der Waals surface area contributed by atoms with Crippen LogP contribution in [0.2, 0.25) is 0 Å². The van der Waals surface area contributed by atoms with Crippen LogP contribution in [0.5, 0.6) is 17.4 Å². The number of ether oxygens (including phenoxy) is 1. The average molecular weight is 188 g/mol. The zero-order valence-corrected chi connectivity index (χ0v) is 7.29. The van der Waals surface area contributed by atoms with E-state index in [1.165, 1.54) is 12.4 Å². The lowest BCUT2D eigenvalue weighted by Gasteiger charge is -2.03. The van der Waals surface area contributed by atoms with Gasteiger partial charge < -0.3 is 9.84 Å². The van der Waals surface area contributed by atoms with E-state index < -0.39 is 0 Å². The summed E-state index contributed by atoms with van der Waals surface area (Å²) >= 11 is 0. The highest BCUT2D eigenvalue weighted by Crippen LogP contribution is 2.22. The first-order valence-corrected chi connectivity index (χ1v) is 4.07. The van der Waals surface area contributed by atoms with E-state index in [0.717, 1.165) is 0 Å². The lowest BCUT2D eigenvalue weighted by Crippen LogP contribution is -1.87. The van der Waals surface area contributed by atoms with Crippen LogP contribution in [0, 0.1) is 0 Å². The van der Waals surface area contributed by atoms with E-state index in [2.05, 4.69) is 9.97 Å². The lowest BCUT2D eigenvalue weighted by atomic mass is 10.3. The summed E-state index contributed by atoms with van der Waals surface area (Å²) in [6.45, 7) is 0. The number of benzene rings is 1. The highest BCUT2D eigenvalue weighted by atomic mass is 16.5. The fraction of sp³-hybridized carbons (Fsp3) is 0. The quantitative estimate of drug-likeness (QED) is 0.782. The molecule has 4 heteroatoms. The van der Waals surface area contributed by atoms with Crippen molar-refractivity contribution in [2.75, 3.05) is 0 Å². The van der Waals surface area contributed by atoms with Crippen molar-refractivity contribution in [1.29, 1.82) is 0 Å². The summed E-state index contributed by atoms with van der Waals surface area (Å²) in [6, 6.07) is 8.17. The molecule has 0 saturated heterocycles. The molecule has 0 unspecified atom stereocenters. The summed E-state index contributed by atoms with van der Waals surface area (Å²) in [6.07, 6.45) is 2.99. The van der Waals surface area contributed by atoms with E-state index in [1.807, 2.05) is 0 Å². The van der Waals surface area contributed by atoms with E-state index >= 15 is 0 Å². The first-order chi connectivity index (χ1) is 6.84. The Labute approximate surface area is 80.8 Å². The van der Waals surface area contributed by atoms with E-state index in [1.54, 1.807) is 30.5 Å². The standard InChI is InChI=1S/C10H8N2O2/c13-8-2-1-3-9(6-8)14-10-4-5-11-7-12-10/h1-7,13H. The molecule has 0 bridgehead atoms. The van der Waals surface area contributed by atoms with Gasteiger partial charge in [0.1, 0.15) is 17.8 Å². The summed E-state index contributed by atoms with van der Waals surface area (Å²) in [5, 5.41) is 9.18. The van der Waals surface area contributed by atoms with Gasteiger partial charge in [-0.1, -0.05) is 6.07 Å². The van der Waals surface area contributed by atoms with Gasteiger partial charge in [-0.3, -0.25) is 0 Å². The molecular weight excluding hydrogens is 180 g/mol. The predicted octanol–water partition coefficient (Wildman–Crippen LogP) is 1.97. The largest absolute Gasteiger partial charge is 0.508 e. The van der Waals surface area contributed by atoms with E-state index in [9.17, 15) is 5.11 Å². The maximum absolute atomic E-state index is 9.18. The van der Waals surface area contributed by atoms with Gasteiger partial charge in [-0.15, -0.1) is 0 Å². The number of rotatable bonds is 2. The van der Waals surface area contributed by atoms with Crippen molar-refractivity contribution < 1.29 is 9.84 Å². The number of aromatic hydroxyl groups is 1. The molecular formula is C10H8N2O2. The van der Waals surface area contributed by atoms with Crippen molar-refractivity contribution >= 4 is 0 Å². The Morgan fingerprint density at radius 2 is 2.14 bits per heavy atom. The Hall–Kier alpha value is -2.10. The van der Waals surface area contributed by atoms with Crippen LogP contribution < -0.4 is 4.74 Å². The number of phenols is 1. The van der Waals surface area contributed by atoms with Gasteiger partial charge in [0, 0.05) is 18.3 Å². The smallest absolute Gasteiger partial charge is 0.222 e. The Bertz CT molecular complexity index is 417. The second kappa shape index (κ2) is 3.74. The minimum atomic E-state index is 0.163. The maximum atomic E-state index is 9.18. The third-order valence-corrected chi connectivity index (χ3v) is 1.59. The van der Waals surface area contributed by atoms with Crippen LogP contribution >= 0.6 is 0 Å². The SMILES string of the molecule is Oc1cccc(Oc2ccncn2)c1. The van der Waals surface area contributed by atoms with Crippen LogP contribution in [-0.4, -0.2) is 15.1 Å². The Morgan fingerprint density at radius 3 is 2.86 bits per heavy atom. The van der Waals surface area contributed by atoms with Crippen molar-refractivity contribution in [2.24, 2.45) is 0 Å². The topological polar surface area (TPSA) is 55.2 Å². The van der Waals surface area contributed by atoms with Crippen molar-refractivity contribution in [3.8, 4) is 17.4 Å². The molecule has 1 aromatic heterocycles. The molecule has 0 fully saturated rings. The molecule has 70 valence electrons. The maximum Gasteiger partial charge on any atom is 0.222 e. The number of hydrogen-bond acceptors (Lipinski definition) is 4. The molecule has 0 spiro atoms. The number of aromatic nitrogens is 2. The van der Waals surface area contributed by atoms with Crippen molar-refractivity contribution in [3.05, 3.63) is 42.9 Å². The molecule has 2 rings (SSSR count). The van der Waals surface area contributed by atoms with E-state index in [0.29, 0.717) is 11.6 Å². The Kier molecular flexibility index (Phi) is 2.27. The third-order valence-electron chi connectivity index (χ3n) is 1.59. The molecule has 1 N–H and O–H groups in total. The van der Waals surface area contributed by atoms with Crippen molar-refractivity contribution in [1.82, 2.24) is 9.97 Å². The van der Waals surface area contributed by atoms with Crippen LogP contribution in [-0.2, 0) is 0 Å². The van der Waals surface area contributed by atoms with Crippen LogP contribution in [0.1, 0.15) is 0 Å². The van der Waals surface area contributed by atoms with Gasteiger partial charge in [-0.25, -0.2) is 9.97 Å². The fourth-order valence-corrected chi connectivity index (χ4v) is 1.01. The van der Waals surface area contributed by atoms with Crippen LogP contribution in [0.3, 0.4) is 0 Å². The summed E-state index contributed by atoms with van der Waals surface area (Å²) < 4.78 is 5.35. The molecule has 0 radical (unpaired) electrons. The lowest BCUT2D eigenvalue weighted by molar-refractivity contribution is 0.444. The zero-order valence-electron chi connectivity index (χ0n) is 7.29. The predicted molar refractivity (Wildman–Crippen MR) is 50.2 cm³/mol. The second-order valence-electron chi connectivity index (χ2n) is 2.65. The fourth-order valence-electron chi connectivity index (χ4n) is 1.01. The monoisotopic (exact) mass is 188 g/mol. The minimum absolute atomic E-state index is 0.163. The molecule has 2 aromatic rings. The second-order valence-corrected chi connectivity index (χ2v) is 2.65. The molecule has 0 atom stereocenters. The zero-order chi connectivity index (χ0) is 9.80. The molecule has 1 heterocycles. The molecule has 0 aliphatic carbocycles. The van der Waals surface area contributed by atoms with Gasteiger partial charge in [-0.05, 0) is 12.1 Å². The van der Waals surface area contributed by atoms with Crippen LogP contribution in [0.25, 0.3) is 0 Å². The molecule has 0 amide bonds. The molecule has 0 aliphatic heterocycles. The van der Waals surface area contributed by atoms with E-state index in [4.69, 9.17) is 4.74 Å². The number of nitrogens with zero attached hydrogens (tertiary/aromatic N) is 2. The van der Waals surface area contributed by atoms with Crippen molar-refractivity contribution in [2.45, 2.75) is 0 Å². The van der Waals surface area contributed by atoms with Gasteiger partial charge in [0.05, 0.1) is 0 Å². The van der Waals surface area contributed by atoms with Gasteiger partial charge in [0.25, 0.3) is 0 Å². The Morgan fingerprint density at radius 1 is 1.21 bits per heavy atom. The molecule has 0 saturated carbocycles. The highest BCUT2D eigenvalue weighted by Gasteiger charge is 1.97. The number of hydrogen-bond donors (Lipinski definition) is 1. The normalized spacial score (nSPS) is 9.71. The Balaban J connectivity index is 2.19. The summed E-state index contributed by atoms with van der Waals surface area (Å²) in [7, 11) is 0. The first kappa shape index (κ1) is 8.50. The van der Waals surface area contributed by atoms with Crippen LogP contribution in [0.4, 0.5) is 0 Å². The van der Waals surface area contributed by atoms with Gasteiger partial charge in [0.2, 0.25) is 5.88 Å². The van der Waals surface area contributed by atoms with Gasteiger partial charge >= 0.3 is 0 Å². The molecule has 0 aliphatic rings. The van der Waals surface area contributed by atoms with E-state index in [-0.39, 0.29) is 5.75 Å². The third kappa shape index (κ3) is 1.98. The summed E-state index contributed by atoms with van der Waals surface area (Å²) in [4.78, 5) is 7.65. The average Bonchev–Trinajstić information content (AvgIpc) is 2.19. The molecule has 4 nitrogen and oxygen atoms in total.